The lowest BCUT2D eigenvalue weighted by Gasteiger charge is -2.19. The van der Waals surface area contributed by atoms with Crippen LogP contribution in [0, 0.1) is 19.8 Å². The second-order valence-electron chi connectivity index (χ2n) is 5.29. The maximum Gasteiger partial charge on any atom is 0.308 e. The van der Waals surface area contributed by atoms with Crippen molar-refractivity contribution in [3.05, 3.63) is 28.8 Å². The lowest BCUT2D eigenvalue weighted by atomic mass is 10.0. The summed E-state index contributed by atoms with van der Waals surface area (Å²) in [7, 11) is 1.60. The Kier molecular flexibility index (Phi) is 3.97. The van der Waals surface area contributed by atoms with E-state index in [0.29, 0.717) is 6.54 Å². The predicted molar refractivity (Wildman–Crippen MR) is 73.6 cm³/mol. The molecule has 0 spiro atoms. The number of hydrogen-bond donors (Lipinski definition) is 1. The Bertz CT molecular complexity index is 553. The highest BCUT2D eigenvalue weighted by molar-refractivity contribution is 5.86. The van der Waals surface area contributed by atoms with Crippen molar-refractivity contribution >= 4 is 11.9 Å². The molecule has 1 heterocycles. The van der Waals surface area contributed by atoms with Gasteiger partial charge in [0, 0.05) is 25.1 Å². The highest BCUT2D eigenvalue weighted by Gasteiger charge is 2.34. The van der Waals surface area contributed by atoms with Crippen molar-refractivity contribution in [2.24, 2.45) is 5.92 Å². The Hall–Kier alpha value is -2.04. The highest BCUT2D eigenvalue weighted by Crippen LogP contribution is 2.28. The maximum absolute atomic E-state index is 11.9. The molecular formula is C15H19NO4. The number of carboxylic acids is 1. The van der Waals surface area contributed by atoms with E-state index in [2.05, 4.69) is 0 Å². The van der Waals surface area contributed by atoms with E-state index >= 15 is 0 Å². The highest BCUT2D eigenvalue weighted by atomic mass is 16.5. The van der Waals surface area contributed by atoms with E-state index < -0.39 is 11.9 Å². The summed E-state index contributed by atoms with van der Waals surface area (Å²) in [5, 5.41) is 9.00. The van der Waals surface area contributed by atoms with E-state index in [1.165, 1.54) is 0 Å². The molecule has 1 atom stereocenters. The zero-order valence-corrected chi connectivity index (χ0v) is 12.0. The monoisotopic (exact) mass is 277 g/mol. The van der Waals surface area contributed by atoms with Crippen LogP contribution in [0.25, 0.3) is 0 Å². The Balaban J connectivity index is 2.22. The number of hydrogen-bond acceptors (Lipinski definition) is 3. The molecule has 1 saturated heterocycles. The number of aliphatic carboxylic acids is 1. The number of nitrogens with zero attached hydrogens (tertiary/aromatic N) is 1. The van der Waals surface area contributed by atoms with Gasteiger partial charge in [0.2, 0.25) is 5.91 Å². The molecule has 1 unspecified atom stereocenters. The van der Waals surface area contributed by atoms with E-state index in [4.69, 9.17) is 9.84 Å². The number of methoxy groups -OCH3 is 1. The number of benzene rings is 1. The minimum Gasteiger partial charge on any atom is -0.496 e. The third-order valence-corrected chi connectivity index (χ3v) is 3.62. The van der Waals surface area contributed by atoms with Gasteiger partial charge in [-0.25, -0.2) is 0 Å². The number of carboxylic acid groups (broad SMARTS) is 1. The van der Waals surface area contributed by atoms with Crippen LogP contribution in [0.5, 0.6) is 5.75 Å². The van der Waals surface area contributed by atoms with Crippen molar-refractivity contribution < 1.29 is 19.4 Å². The molecule has 1 aromatic carbocycles. The van der Waals surface area contributed by atoms with Gasteiger partial charge in [-0.2, -0.15) is 0 Å². The summed E-state index contributed by atoms with van der Waals surface area (Å²) in [6, 6.07) is 4.00. The molecule has 1 fully saturated rings. The van der Waals surface area contributed by atoms with Gasteiger partial charge in [-0.3, -0.25) is 9.59 Å². The zero-order valence-electron chi connectivity index (χ0n) is 12.0. The smallest absolute Gasteiger partial charge is 0.308 e. The Morgan fingerprint density at radius 2 is 2.15 bits per heavy atom. The molecule has 0 aromatic heterocycles. The van der Waals surface area contributed by atoms with Gasteiger partial charge in [-0.05, 0) is 19.4 Å². The minimum atomic E-state index is -0.909. The molecule has 0 saturated carbocycles. The van der Waals surface area contributed by atoms with Crippen molar-refractivity contribution in [2.45, 2.75) is 26.8 Å². The molecule has 108 valence electrons. The van der Waals surface area contributed by atoms with Crippen LogP contribution in [0.4, 0.5) is 0 Å². The summed E-state index contributed by atoms with van der Waals surface area (Å²) >= 11 is 0. The summed E-state index contributed by atoms with van der Waals surface area (Å²) in [5.41, 5.74) is 3.04. The molecule has 0 radical (unpaired) electrons. The standard InChI is InChI=1S/C15H19NO4/c1-9-4-10(2)14(20-3)11(5-9)7-16-8-12(15(18)19)6-13(16)17/h4-5,12H,6-8H2,1-3H3,(H,18,19). The fourth-order valence-electron chi connectivity index (χ4n) is 2.75. The second-order valence-corrected chi connectivity index (χ2v) is 5.29. The topological polar surface area (TPSA) is 66.8 Å². The molecule has 1 aliphatic rings. The molecule has 2 rings (SSSR count). The quantitative estimate of drug-likeness (QED) is 0.910. The summed E-state index contributed by atoms with van der Waals surface area (Å²) in [6.07, 6.45) is 0.0858. The van der Waals surface area contributed by atoms with Crippen molar-refractivity contribution in [2.75, 3.05) is 13.7 Å². The number of ether oxygens (including phenoxy) is 1. The van der Waals surface area contributed by atoms with E-state index in [0.717, 1.165) is 22.4 Å². The molecule has 1 aromatic rings. The van der Waals surface area contributed by atoms with Crippen molar-refractivity contribution in [3.8, 4) is 5.75 Å². The predicted octanol–water partition coefficient (Wildman–Crippen LogP) is 1.75. The van der Waals surface area contributed by atoms with E-state index in [-0.39, 0.29) is 18.9 Å². The molecule has 5 heteroatoms. The number of carbonyl (C=O) groups excluding carboxylic acids is 1. The van der Waals surface area contributed by atoms with E-state index in [1.54, 1.807) is 12.0 Å². The molecule has 0 aliphatic carbocycles. The van der Waals surface area contributed by atoms with Crippen LogP contribution in [-0.2, 0) is 16.1 Å². The summed E-state index contributed by atoms with van der Waals surface area (Å²) < 4.78 is 5.40. The maximum atomic E-state index is 11.9. The second kappa shape index (κ2) is 5.53. The fourth-order valence-corrected chi connectivity index (χ4v) is 2.75. The average Bonchev–Trinajstić information content (AvgIpc) is 2.71. The number of aryl methyl sites for hydroxylation is 2. The summed E-state index contributed by atoms with van der Waals surface area (Å²) in [4.78, 5) is 24.5. The van der Waals surface area contributed by atoms with Crippen LogP contribution < -0.4 is 4.74 Å². The third-order valence-electron chi connectivity index (χ3n) is 3.62. The van der Waals surface area contributed by atoms with Gasteiger partial charge < -0.3 is 14.7 Å². The molecule has 1 aliphatic heterocycles. The first-order valence-corrected chi connectivity index (χ1v) is 6.57. The Morgan fingerprint density at radius 1 is 1.45 bits per heavy atom. The first-order valence-electron chi connectivity index (χ1n) is 6.57. The zero-order chi connectivity index (χ0) is 14.9. The number of rotatable bonds is 4. The molecule has 0 bridgehead atoms. The van der Waals surface area contributed by atoms with Gasteiger partial charge in [0.15, 0.2) is 0 Å². The van der Waals surface area contributed by atoms with Crippen molar-refractivity contribution in [3.63, 3.8) is 0 Å². The summed E-state index contributed by atoms with van der Waals surface area (Å²) in [5.74, 6) is -0.853. The average molecular weight is 277 g/mol. The normalized spacial score (nSPS) is 18.4. The van der Waals surface area contributed by atoms with Gasteiger partial charge in [0.05, 0.1) is 13.0 Å². The Morgan fingerprint density at radius 3 is 2.70 bits per heavy atom. The molecule has 20 heavy (non-hydrogen) atoms. The molecular weight excluding hydrogens is 258 g/mol. The molecule has 1 amide bonds. The first kappa shape index (κ1) is 14.4. The SMILES string of the molecule is COc1c(C)cc(C)cc1CN1CC(C(=O)O)CC1=O. The van der Waals surface area contributed by atoms with Gasteiger partial charge in [0.1, 0.15) is 5.75 Å². The van der Waals surface area contributed by atoms with Gasteiger partial charge in [0.25, 0.3) is 0 Å². The fraction of sp³-hybridized carbons (Fsp3) is 0.467. The van der Waals surface area contributed by atoms with Crippen molar-refractivity contribution in [1.82, 2.24) is 4.90 Å². The van der Waals surface area contributed by atoms with Gasteiger partial charge in [-0.1, -0.05) is 17.7 Å². The molecule has 5 nitrogen and oxygen atoms in total. The van der Waals surface area contributed by atoms with Gasteiger partial charge >= 0.3 is 5.97 Å². The summed E-state index contributed by atoms with van der Waals surface area (Å²) in [6.45, 7) is 4.61. The van der Waals surface area contributed by atoms with Crippen LogP contribution >= 0.6 is 0 Å². The lowest BCUT2D eigenvalue weighted by Crippen LogP contribution is -2.26. The van der Waals surface area contributed by atoms with E-state index in [1.807, 2.05) is 26.0 Å². The van der Waals surface area contributed by atoms with Crippen LogP contribution in [-0.4, -0.2) is 35.5 Å². The van der Waals surface area contributed by atoms with Crippen LogP contribution in [0.15, 0.2) is 12.1 Å². The molecule has 1 N–H and O–H groups in total. The van der Waals surface area contributed by atoms with Crippen LogP contribution in [0.1, 0.15) is 23.1 Å². The number of likely N-dealkylation sites (tertiary alicyclic amines) is 1. The third kappa shape index (κ3) is 2.76. The number of amides is 1. The van der Waals surface area contributed by atoms with E-state index in [9.17, 15) is 9.59 Å². The number of carbonyl (C=O) groups is 2. The van der Waals surface area contributed by atoms with Crippen molar-refractivity contribution in [1.29, 1.82) is 0 Å². The van der Waals surface area contributed by atoms with Crippen LogP contribution in [0.2, 0.25) is 0 Å². The minimum absolute atomic E-state index is 0.0858. The largest absolute Gasteiger partial charge is 0.496 e. The Labute approximate surface area is 118 Å². The van der Waals surface area contributed by atoms with Crippen LogP contribution in [0.3, 0.4) is 0 Å². The van der Waals surface area contributed by atoms with Gasteiger partial charge in [-0.15, -0.1) is 0 Å². The lowest BCUT2D eigenvalue weighted by molar-refractivity contribution is -0.141. The first-order chi connectivity index (χ1) is 9.42.